The van der Waals surface area contributed by atoms with Gasteiger partial charge in [0.2, 0.25) is 0 Å². The zero-order valence-corrected chi connectivity index (χ0v) is 16.2. The number of hydrogen-bond acceptors (Lipinski definition) is 2. The predicted molar refractivity (Wildman–Crippen MR) is 117 cm³/mol. The van der Waals surface area contributed by atoms with Gasteiger partial charge in [0.25, 0.3) is 0 Å². The monoisotopic (exact) mass is 393 g/mol. The van der Waals surface area contributed by atoms with E-state index in [1.54, 1.807) is 0 Å². The number of H-pyrrole nitrogens is 1. The summed E-state index contributed by atoms with van der Waals surface area (Å²) in [4.78, 5) is 10.1. The van der Waals surface area contributed by atoms with Crippen LogP contribution in [-0.4, -0.2) is 18.2 Å². The van der Waals surface area contributed by atoms with E-state index in [1.165, 1.54) is 0 Å². The highest BCUT2D eigenvalue weighted by atomic mass is 35.5. The molecule has 4 aromatic rings. The molecule has 0 saturated carbocycles. The smallest absolute Gasteiger partial charge is 0.118 e. The molecular formula is C22H17Cl2N3. The van der Waals surface area contributed by atoms with E-state index < -0.39 is 0 Å². The number of fused-ring (bicyclic) bond motifs is 1. The van der Waals surface area contributed by atoms with E-state index in [4.69, 9.17) is 23.2 Å². The lowest BCUT2D eigenvalue weighted by Gasteiger charge is -2.19. The number of rotatable bonds is 4. The quantitative estimate of drug-likeness (QED) is 0.372. The summed E-state index contributed by atoms with van der Waals surface area (Å²) in [7, 11) is 1.99. The Balaban J connectivity index is 1.80. The molecule has 0 aliphatic carbocycles. The van der Waals surface area contributed by atoms with Gasteiger partial charge in [0.15, 0.2) is 0 Å². The number of aromatic nitrogens is 1. The van der Waals surface area contributed by atoms with Gasteiger partial charge in [0, 0.05) is 17.8 Å². The van der Waals surface area contributed by atoms with Crippen molar-refractivity contribution in [3.63, 3.8) is 0 Å². The van der Waals surface area contributed by atoms with Crippen LogP contribution in [0.4, 0.5) is 17.2 Å². The molecule has 0 bridgehead atoms. The van der Waals surface area contributed by atoms with Crippen LogP contribution in [0.15, 0.2) is 77.8 Å². The molecular weight excluding hydrogens is 377 g/mol. The number of aromatic amines is 1. The second-order valence-corrected chi connectivity index (χ2v) is 6.97. The van der Waals surface area contributed by atoms with Crippen molar-refractivity contribution >= 4 is 57.4 Å². The molecule has 4 rings (SSSR count). The lowest BCUT2D eigenvalue weighted by atomic mass is 10.1. The first-order valence-corrected chi connectivity index (χ1v) is 9.28. The molecule has 0 amide bonds. The number of anilines is 2. The Morgan fingerprint density at radius 3 is 2.19 bits per heavy atom. The van der Waals surface area contributed by atoms with Gasteiger partial charge in [0.1, 0.15) is 5.82 Å². The van der Waals surface area contributed by atoms with Crippen LogP contribution in [0.2, 0.25) is 10.0 Å². The molecule has 3 nitrogen and oxygen atoms in total. The predicted octanol–water partition coefficient (Wildman–Crippen LogP) is 6.99. The van der Waals surface area contributed by atoms with Gasteiger partial charge in [-0.2, -0.15) is 0 Å². The van der Waals surface area contributed by atoms with Crippen LogP contribution < -0.4 is 4.90 Å². The molecule has 0 radical (unpaired) electrons. The molecule has 0 fully saturated rings. The molecule has 0 spiro atoms. The molecule has 134 valence electrons. The minimum Gasteiger partial charge on any atom is -0.339 e. The van der Waals surface area contributed by atoms with E-state index in [0.717, 1.165) is 33.7 Å². The molecule has 0 atom stereocenters. The zero-order valence-electron chi connectivity index (χ0n) is 14.7. The first-order valence-electron chi connectivity index (χ1n) is 8.52. The van der Waals surface area contributed by atoms with E-state index >= 15 is 0 Å². The Morgan fingerprint density at radius 1 is 0.815 bits per heavy atom. The van der Waals surface area contributed by atoms with Crippen molar-refractivity contribution in [3.8, 4) is 0 Å². The van der Waals surface area contributed by atoms with Gasteiger partial charge >= 0.3 is 0 Å². The molecule has 0 aliphatic heterocycles. The number of benzene rings is 3. The molecule has 0 aliphatic rings. The van der Waals surface area contributed by atoms with Crippen molar-refractivity contribution in [3.05, 3.63) is 88.5 Å². The van der Waals surface area contributed by atoms with Crippen molar-refractivity contribution in [2.45, 2.75) is 0 Å². The molecule has 3 aromatic carbocycles. The van der Waals surface area contributed by atoms with Gasteiger partial charge in [-0.05, 0) is 24.3 Å². The maximum absolute atomic E-state index is 6.39. The lowest BCUT2D eigenvalue weighted by Crippen LogP contribution is -2.10. The highest BCUT2D eigenvalue weighted by Gasteiger charge is 2.15. The number of nitrogens with one attached hydrogen (secondary N) is 1. The summed E-state index contributed by atoms with van der Waals surface area (Å²) in [5.74, 6) is 0.958. The summed E-state index contributed by atoms with van der Waals surface area (Å²) >= 11 is 12.6. The summed E-state index contributed by atoms with van der Waals surface area (Å²) in [5.41, 5.74) is 2.58. The van der Waals surface area contributed by atoms with Gasteiger partial charge in [-0.15, -0.1) is 0 Å². The van der Waals surface area contributed by atoms with Crippen molar-refractivity contribution < 1.29 is 0 Å². The van der Waals surface area contributed by atoms with Crippen LogP contribution in [0.1, 0.15) is 5.69 Å². The fraction of sp³-hybridized carbons (Fsp3) is 0.0455. The fourth-order valence-electron chi connectivity index (χ4n) is 3.09. The highest BCUT2D eigenvalue weighted by Crippen LogP contribution is 2.35. The summed E-state index contributed by atoms with van der Waals surface area (Å²) in [5, 5.41) is 3.51. The van der Waals surface area contributed by atoms with E-state index in [2.05, 4.69) is 27.0 Å². The Morgan fingerprint density at radius 2 is 1.44 bits per heavy atom. The highest BCUT2D eigenvalue weighted by molar-refractivity contribution is 6.33. The van der Waals surface area contributed by atoms with Gasteiger partial charge in [-0.1, -0.05) is 71.7 Å². The van der Waals surface area contributed by atoms with Gasteiger partial charge in [-0.3, -0.25) is 4.99 Å². The average Bonchev–Trinajstić information content (AvgIpc) is 3.06. The topological polar surface area (TPSA) is 31.4 Å². The largest absolute Gasteiger partial charge is 0.339 e. The molecule has 27 heavy (non-hydrogen) atoms. The van der Waals surface area contributed by atoms with E-state index in [0.29, 0.717) is 10.0 Å². The van der Waals surface area contributed by atoms with E-state index in [-0.39, 0.29) is 0 Å². The van der Waals surface area contributed by atoms with E-state index in [1.807, 2.05) is 73.9 Å². The number of aliphatic imine (C=N–C) groups is 1. The summed E-state index contributed by atoms with van der Waals surface area (Å²) in [6.07, 6.45) is 1.81. The van der Waals surface area contributed by atoms with E-state index in [9.17, 15) is 0 Å². The number of hydrogen-bond donors (Lipinski definition) is 1. The summed E-state index contributed by atoms with van der Waals surface area (Å²) in [6, 6.07) is 23.5. The minimum atomic E-state index is 0.623. The van der Waals surface area contributed by atoms with Gasteiger partial charge < -0.3 is 9.88 Å². The SMILES string of the molecule is CN(c1ccccc1Cl)c1[nH]c(C=Nc2ccccc2Cl)c2ccccc12. The van der Waals surface area contributed by atoms with Crippen LogP contribution in [0.3, 0.4) is 0 Å². The zero-order chi connectivity index (χ0) is 18.8. The minimum absolute atomic E-state index is 0.623. The third kappa shape index (κ3) is 3.44. The van der Waals surface area contributed by atoms with Crippen molar-refractivity contribution in [2.24, 2.45) is 4.99 Å². The summed E-state index contributed by atoms with van der Waals surface area (Å²) < 4.78 is 0. The molecule has 1 N–H and O–H groups in total. The standard InChI is InChI=1S/C22H17Cl2N3/c1-27(21-13-7-5-11-18(21)24)22-16-9-3-2-8-15(16)20(26-22)14-25-19-12-6-4-10-17(19)23/h2-14,26H,1H3. The molecule has 1 heterocycles. The lowest BCUT2D eigenvalue weighted by molar-refractivity contribution is 1.16. The Hall–Kier alpha value is -2.75. The number of nitrogens with zero attached hydrogens (tertiary/aromatic N) is 2. The molecule has 0 saturated heterocycles. The van der Waals surface area contributed by atoms with Crippen molar-refractivity contribution in [1.29, 1.82) is 0 Å². The average molecular weight is 394 g/mol. The van der Waals surface area contributed by atoms with Crippen molar-refractivity contribution in [2.75, 3.05) is 11.9 Å². The third-order valence-electron chi connectivity index (χ3n) is 4.46. The van der Waals surface area contributed by atoms with Gasteiger partial charge in [-0.25, -0.2) is 0 Å². The van der Waals surface area contributed by atoms with Crippen molar-refractivity contribution in [1.82, 2.24) is 4.98 Å². The van der Waals surface area contributed by atoms with Crippen LogP contribution >= 0.6 is 23.2 Å². The Kier molecular flexibility index (Phi) is 4.88. The Bertz CT molecular complexity index is 1130. The van der Waals surface area contributed by atoms with Crippen LogP contribution in [0.5, 0.6) is 0 Å². The van der Waals surface area contributed by atoms with Crippen LogP contribution in [0, 0.1) is 0 Å². The normalized spacial score (nSPS) is 11.4. The fourth-order valence-corrected chi connectivity index (χ4v) is 3.53. The first kappa shape index (κ1) is 17.7. The van der Waals surface area contributed by atoms with Crippen LogP contribution in [-0.2, 0) is 0 Å². The second kappa shape index (κ2) is 7.47. The number of halogens is 2. The summed E-state index contributed by atoms with van der Waals surface area (Å²) in [6.45, 7) is 0. The molecule has 0 unspecified atom stereocenters. The maximum Gasteiger partial charge on any atom is 0.118 e. The molecule has 5 heteroatoms. The van der Waals surface area contributed by atoms with Gasteiger partial charge in [0.05, 0.1) is 33.3 Å². The second-order valence-electron chi connectivity index (χ2n) is 6.15. The molecule has 1 aromatic heterocycles. The van der Waals surface area contributed by atoms with Crippen LogP contribution in [0.25, 0.3) is 10.8 Å². The number of para-hydroxylation sites is 2. The maximum atomic E-state index is 6.39. The first-order chi connectivity index (χ1) is 13.1. The third-order valence-corrected chi connectivity index (χ3v) is 5.10. The Labute approximate surface area is 167 Å².